The Balaban J connectivity index is 3.18. The van der Waals surface area contributed by atoms with E-state index in [1.807, 2.05) is 0 Å². The molecule has 0 radical (unpaired) electrons. The van der Waals surface area contributed by atoms with Gasteiger partial charge in [0.2, 0.25) is 0 Å². The predicted molar refractivity (Wildman–Crippen MR) is 54.8 cm³/mol. The van der Waals surface area contributed by atoms with Gasteiger partial charge in [0.15, 0.2) is 0 Å². The average molecular weight is 262 g/mol. The molecule has 0 aliphatic rings. The third-order valence-electron chi connectivity index (χ3n) is 2.22. The second kappa shape index (κ2) is 5.80. The highest BCUT2D eigenvalue weighted by atomic mass is 19.4. The molecule has 0 heterocycles. The van der Waals surface area contributed by atoms with Gasteiger partial charge in [0.1, 0.15) is 11.9 Å². The van der Waals surface area contributed by atoms with Crippen molar-refractivity contribution < 1.29 is 22.7 Å². The smallest absolute Gasteiger partial charge is 0.395 e. The van der Waals surface area contributed by atoms with E-state index in [0.29, 0.717) is 6.07 Å². The van der Waals surface area contributed by atoms with Gasteiger partial charge >= 0.3 is 6.18 Å². The molecule has 0 bridgehead atoms. The lowest BCUT2D eigenvalue weighted by Crippen LogP contribution is -2.25. The summed E-state index contributed by atoms with van der Waals surface area (Å²) in [5, 5.41) is 19.8. The van der Waals surface area contributed by atoms with Crippen LogP contribution in [0.25, 0.3) is 0 Å². The first-order valence-corrected chi connectivity index (χ1v) is 5.00. The summed E-state index contributed by atoms with van der Waals surface area (Å²) in [6.45, 7) is -0.354. The molecular formula is C11H10F4N2O. The zero-order valence-corrected chi connectivity index (χ0v) is 9.13. The van der Waals surface area contributed by atoms with Gasteiger partial charge in [-0.3, -0.25) is 5.32 Å². The molecule has 0 fully saturated rings. The van der Waals surface area contributed by atoms with Crippen LogP contribution in [-0.2, 0) is 6.18 Å². The first kappa shape index (κ1) is 14.4. The van der Waals surface area contributed by atoms with Crippen LogP contribution in [0, 0.1) is 17.1 Å². The largest absolute Gasteiger partial charge is 0.416 e. The van der Waals surface area contributed by atoms with Gasteiger partial charge in [-0.05, 0) is 17.7 Å². The standard InChI is InChI=1S/C11H10F4N2O/c12-7-1-2-8(9(5-7)11(13,14)15)10(6-16)17-3-4-18/h1-2,5,10,17-18H,3-4H2. The van der Waals surface area contributed by atoms with E-state index >= 15 is 0 Å². The molecule has 2 N–H and O–H groups in total. The molecule has 0 aliphatic carbocycles. The number of benzene rings is 1. The highest BCUT2D eigenvalue weighted by Gasteiger charge is 2.35. The lowest BCUT2D eigenvalue weighted by atomic mass is 10.0. The van der Waals surface area contributed by atoms with E-state index in [1.165, 1.54) is 0 Å². The van der Waals surface area contributed by atoms with Crippen LogP contribution in [0.4, 0.5) is 17.6 Å². The van der Waals surface area contributed by atoms with Gasteiger partial charge in [0.25, 0.3) is 0 Å². The van der Waals surface area contributed by atoms with E-state index in [0.717, 1.165) is 12.1 Å². The minimum atomic E-state index is -4.74. The molecule has 1 rings (SSSR count). The fourth-order valence-corrected chi connectivity index (χ4v) is 1.46. The molecular weight excluding hydrogens is 252 g/mol. The predicted octanol–water partition coefficient (Wildman–Crippen LogP) is 1.99. The Kier molecular flexibility index (Phi) is 4.64. The van der Waals surface area contributed by atoms with Crippen LogP contribution in [-0.4, -0.2) is 18.3 Å². The molecule has 7 heteroatoms. The Morgan fingerprint density at radius 2 is 2.06 bits per heavy atom. The van der Waals surface area contributed by atoms with Crippen LogP contribution in [0.1, 0.15) is 17.2 Å². The Hall–Kier alpha value is -1.65. The van der Waals surface area contributed by atoms with Gasteiger partial charge < -0.3 is 5.11 Å². The molecule has 0 saturated carbocycles. The van der Waals surface area contributed by atoms with Crippen molar-refractivity contribution in [2.75, 3.05) is 13.2 Å². The molecule has 1 atom stereocenters. The van der Waals surface area contributed by atoms with Crippen LogP contribution in [0.5, 0.6) is 0 Å². The number of hydrogen-bond acceptors (Lipinski definition) is 3. The number of aliphatic hydroxyl groups is 1. The first-order valence-electron chi connectivity index (χ1n) is 5.00. The lowest BCUT2D eigenvalue weighted by molar-refractivity contribution is -0.138. The maximum absolute atomic E-state index is 12.9. The summed E-state index contributed by atoms with van der Waals surface area (Å²) >= 11 is 0. The van der Waals surface area contributed by atoms with Crippen molar-refractivity contribution >= 4 is 0 Å². The zero-order valence-electron chi connectivity index (χ0n) is 9.13. The molecule has 1 unspecified atom stereocenters. The lowest BCUT2D eigenvalue weighted by Gasteiger charge is -2.17. The third kappa shape index (κ3) is 3.42. The SMILES string of the molecule is N#CC(NCCO)c1ccc(F)cc1C(F)(F)F. The monoisotopic (exact) mass is 262 g/mol. The molecule has 1 aromatic rings. The number of halogens is 4. The number of rotatable bonds is 4. The summed E-state index contributed by atoms with van der Waals surface area (Å²) in [6.07, 6.45) is -4.74. The van der Waals surface area contributed by atoms with Crippen LogP contribution in [0.3, 0.4) is 0 Å². The van der Waals surface area contributed by atoms with Crippen molar-refractivity contribution in [2.45, 2.75) is 12.2 Å². The summed E-state index contributed by atoms with van der Waals surface area (Å²) in [6, 6.07) is 2.50. The number of nitriles is 1. The van der Waals surface area contributed by atoms with Gasteiger partial charge in [-0.15, -0.1) is 0 Å². The maximum atomic E-state index is 12.9. The number of hydrogen-bond donors (Lipinski definition) is 2. The molecule has 98 valence electrons. The summed E-state index contributed by atoms with van der Waals surface area (Å²) < 4.78 is 50.9. The van der Waals surface area contributed by atoms with Gasteiger partial charge in [-0.25, -0.2) is 4.39 Å². The van der Waals surface area contributed by atoms with E-state index in [9.17, 15) is 17.6 Å². The molecule has 0 aromatic heterocycles. The summed E-state index contributed by atoms with van der Waals surface area (Å²) in [5.41, 5.74) is -1.56. The van der Waals surface area contributed by atoms with Gasteiger partial charge in [-0.2, -0.15) is 18.4 Å². The van der Waals surface area contributed by atoms with Crippen molar-refractivity contribution in [1.82, 2.24) is 5.32 Å². The molecule has 1 aromatic carbocycles. The van der Waals surface area contributed by atoms with Crippen molar-refractivity contribution in [3.8, 4) is 6.07 Å². The Bertz CT molecular complexity index is 453. The second-order valence-electron chi connectivity index (χ2n) is 3.47. The molecule has 0 amide bonds. The summed E-state index contributed by atoms with van der Waals surface area (Å²) in [7, 11) is 0. The van der Waals surface area contributed by atoms with E-state index in [4.69, 9.17) is 10.4 Å². The number of alkyl halides is 3. The topological polar surface area (TPSA) is 56.0 Å². The normalized spacial score (nSPS) is 13.1. The van der Waals surface area contributed by atoms with Gasteiger partial charge in [-0.1, -0.05) is 6.07 Å². The second-order valence-corrected chi connectivity index (χ2v) is 3.47. The Morgan fingerprint density at radius 1 is 1.39 bits per heavy atom. The zero-order chi connectivity index (χ0) is 13.8. The van der Waals surface area contributed by atoms with Crippen LogP contribution in [0.2, 0.25) is 0 Å². The first-order chi connectivity index (χ1) is 8.40. The quantitative estimate of drug-likeness (QED) is 0.816. The molecule has 0 spiro atoms. The van der Waals surface area contributed by atoms with E-state index < -0.39 is 23.6 Å². The minimum absolute atomic E-state index is 0.0348. The molecule has 0 aliphatic heterocycles. The van der Waals surface area contributed by atoms with Crippen LogP contribution in [0.15, 0.2) is 18.2 Å². The molecule has 18 heavy (non-hydrogen) atoms. The molecule has 0 saturated heterocycles. The number of aliphatic hydroxyl groups excluding tert-OH is 1. The van der Waals surface area contributed by atoms with Crippen LogP contribution >= 0.6 is 0 Å². The van der Waals surface area contributed by atoms with Gasteiger partial charge in [0, 0.05) is 6.54 Å². The maximum Gasteiger partial charge on any atom is 0.416 e. The summed E-state index contributed by atoms with van der Waals surface area (Å²) in [4.78, 5) is 0. The Labute approximate surface area is 101 Å². The summed E-state index contributed by atoms with van der Waals surface area (Å²) in [5.74, 6) is -1.02. The van der Waals surface area contributed by atoms with Crippen LogP contribution < -0.4 is 5.32 Å². The van der Waals surface area contributed by atoms with Crippen molar-refractivity contribution in [2.24, 2.45) is 0 Å². The number of nitrogens with one attached hydrogen (secondary N) is 1. The van der Waals surface area contributed by atoms with E-state index in [-0.39, 0.29) is 18.7 Å². The fourth-order valence-electron chi connectivity index (χ4n) is 1.46. The fraction of sp³-hybridized carbons (Fsp3) is 0.364. The van der Waals surface area contributed by atoms with Crippen molar-refractivity contribution in [3.63, 3.8) is 0 Å². The highest BCUT2D eigenvalue weighted by molar-refractivity contribution is 5.35. The number of nitrogens with zero attached hydrogens (tertiary/aromatic N) is 1. The highest BCUT2D eigenvalue weighted by Crippen LogP contribution is 2.34. The molecule has 3 nitrogen and oxygen atoms in total. The van der Waals surface area contributed by atoms with Gasteiger partial charge in [0.05, 0.1) is 18.2 Å². The van der Waals surface area contributed by atoms with Crippen molar-refractivity contribution in [3.05, 3.63) is 35.1 Å². The average Bonchev–Trinajstić information content (AvgIpc) is 2.30. The van der Waals surface area contributed by atoms with E-state index in [1.54, 1.807) is 6.07 Å². The van der Waals surface area contributed by atoms with Crippen molar-refractivity contribution in [1.29, 1.82) is 5.26 Å². The van der Waals surface area contributed by atoms with E-state index in [2.05, 4.69) is 5.32 Å². The minimum Gasteiger partial charge on any atom is -0.395 e. The third-order valence-corrected chi connectivity index (χ3v) is 2.22. The Morgan fingerprint density at radius 3 is 2.56 bits per heavy atom.